The molecule has 0 heterocycles. The van der Waals surface area contributed by atoms with Crippen LogP contribution < -0.4 is 4.72 Å². The predicted molar refractivity (Wildman–Crippen MR) is 74.3 cm³/mol. The van der Waals surface area contributed by atoms with Crippen molar-refractivity contribution in [2.45, 2.75) is 6.61 Å². The summed E-state index contributed by atoms with van der Waals surface area (Å²) < 4.78 is 35.3. The first-order valence-corrected chi connectivity index (χ1v) is 8.07. The third-order valence-electron chi connectivity index (χ3n) is 2.04. The molecule has 102 valence electrons. The third kappa shape index (κ3) is 5.81. The lowest BCUT2D eigenvalue weighted by atomic mass is 10.2. The maximum Gasteiger partial charge on any atom is 0.242 e. The van der Waals surface area contributed by atoms with Crippen molar-refractivity contribution in [2.75, 3.05) is 29.7 Å². The molecule has 1 aromatic carbocycles. The van der Waals surface area contributed by atoms with Crippen molar-refractivity contribution >= 4 is 31.6 Å². The average Bonchev–Trinajstić information content (AvgIpc) is 2.35. The molecular formula is C11H16BrNO4S. The van der Waals surface area contributed by atoms with Crippen LogP contribution in [-0.2, 0) is 26.1 Å². The summed E-state index contributed by atoms with van der Waals surface area (Å²) in [7, 11) is -1.70. The molecule has 5 nitrogen and oxygen atoms in total. The standard InChI is InChI=1S/C11H16BrNO4S/c1-16-5-6-17-8-10-3-2-4-11(7-10)13-18(14,15)9-12/h2-4,7,13H,5-6,8-9H2,1H3. The van der Waals surface area contributed by atoms with Crippen LogP contribution in [0.4, 0.5) is 5.69 Å². The number of rotatable bonds is 8. The van der Waals surface area contributed by atoms with E-state index in [1.807, 2.05) is 6.07 Å². The summed E-state index contributed by atoms with van der Waals surface area (Å²) in [6.07, 6.45) is 0. The molecule has 0 aliphatic carbocycles. The molecule has 18 heavy (non-hydrogen) atoms. The highest BCUT2D eigenvalue weighted by Crippen LogP contribution is 2.14. The molecule has 1 N–H and O–H groups in total. The smallest absolute Gasteiger partial charge is 0.242 e. The predicted octanol–water partition coefficient (Wildman–Crippen LogP) is 1.94. The van der Waals surface area contributed by atoms with Crippen LogP contribution in [0.3, 0.4) is 0 Å². The zero-order valence-electron chi connectivity index (χ0n) is 10.1. The van der Waals surface area contributed by atoms with Gasteiger partial charge in [-0.25, -0.2) is 8.42 Å². The number of benzene rings is 1. The second-order valence-electron chi connectivity index (χ2n) is 3.57. The minimum absolute atomic E-state index is 0.130. The Bertz CT molecular complexity index is 464. The number of halogens is 1. The van der Waals surface area contributed by atoms with Gasteiger partial charge >= 0.3 is 0 Å². The number of sulfonamides is 1. The molecule has 0 fully saturated rings. The fraction of sp³-hybridized carbons (Fsp3) is 0.455. The molecule has 0 bridgehead atoms. The quantitative estimate of drug-likeness (QED) is 0.581. The number of nitrogens with one attached hydrogen (secondary N) is 1. The number of methoxy groups -OCH3 is 1. The highest BCUT2D eigenvalue weighted by molar-refractivity contribution is 9.10. The van der Waals surface area contributed by atoms with E-state index < -0.39 is 10.0 Å². The van der Waals surface area contributed by atoms with E-state index >= 15 is 0 Å². The van der Waals surface area contributed by atoms with E-state index in [4.69, 9.17) is 9.47 Å². The minimum atomic E-state index is -3.31. The second-order valence-corrected chi connectivity index (χ2v) is 6.60. The van der Waals surface area contributed by atoms with Crippen molar-refractivity contribution in [2.24, 2.45) is 0 Å². The molecule has 0 radical (unpaired) electrons. The Morgan fingerprint density at radius 2 is 2.11 bits per heavy atom. The van der Waals surface area contributed by atoms with Gasteiger partial charge < -0.3 is 9.47 Å². The van der Waals surface area contributed by atoms with Crippen molar-refractivity contribution < 1.29 is 17.9 Å². The summed E-state index contributed by atoms with van der Waals surface area (Å²) in [5, 5.41) is 0. The molecule has 0 aromatic heterocycles. The summed E-state index contributed by atoms with van der Waals surface area (Å²) >= 11 is 2.92. The zero-order chi connectivity index (χ0) is 13.4. The number of hydrogen-bond acceptors (Lipinski definition) is 4. The lowest BCUT2D eigenvalue weighted by Crippen LogP contribution is -2.13. The Morgan fingerprint density at radius 3 is 2.78 bits per heavy atom. The van der Waals surface area contributed by atoms with E-state index in [1.54, 1.807) is 25.3 Å². The van der Waals surface area contributed by atoms with E-state index in [0.29, 0.717) is 25.5 Å². The largest absolute Gasteiger partial charge is 0.382 e. The summed E-state index contributed by atoms with van der Waals surface area (Å²) in [6.45, 7) is 1.47. The van der Waals surface area contributed by atoms with Crippen molar-refractivity contribution in [3.63, 3.8) is 0 Å². The van der Waals surface area contributed by atoms with Gasteiger partial charge in [-0.15, -0.1) is 0 Å². The van der Waals surface area contributed by atoms with E-state index in [0.717, 1.165) is 5.56 Å². The summed E-state index contributed by atoms with van der Waals surface area (Å²) in [6, 6.07) is 7.09. The van der Waals surface area contributed by atoms with Gasteiger partial charge in [0.25, 0.3) is 0 Å². The van der Waals surface area contributed by atoms with Crippen molar-refractivity contribution in [3.8, 4) is 0 Å². The Labute approximate surface area is 116 Å². The molecule has 0 spiro atoms. The van der Waals surface area contributed by atoms with Gasteiger partial charge in [-0.1, -0.05) is 28.1 Å². The Hall–Kier alpha value is -0.630. The maximum absolute atomic E-state index is 11.4. The molecular weight excluding hydrogens is 322 g/mol. The van der Waals surface area contributed by atoms with Gasteiger partial charge in [-0.2, -0.15) is 0 Å². The molecule has 0 saturated carbocycles. The molecule has 0 unspecified atom stereocenters. The van der Waals surface area contributed by atoms with Crippen LogP contribution in [0, 0.1) is 0 Å². The number of hydrogen-bond donors (Lipinski definition) is 1. The van der Waals surface area contributed by atoms with Gasteiger partial charge in [0, 0.05) is 12.8 Å². The van der Waals surface area contributed by atoms with Crippen molar-refractivity contribution in [1.82, 2.24) is 0 Å². The molecule has 7 heteroatoms. The first-order chi connectivity index (χ1) is 8.57. The summed E-state index contributed by atoms with van der Waals surface area (Å²) in [5.74, 6) is 0. The van der Waals surface area contributed by atoms with Crippen LogP contribution in [0.25, 0.3) is 0 Å². The van der Waals surface area contributed by atoms with Gasteiger partial charge in [0.2, 0.25) is 10.0 Å². The maximum atomic E-state index is 11.4. The topological polar surface area (TPSA) is 64.6 Å². The molecule has 1 aromatic rings. The minimum Gasteiger partial charge on any atom is -0.382 e. The molecule has 0 aliphatic rings. The fourth-order valence-electron chi connectivity index (χ4n) is 1.26. The Morgan fingerprint density at radius 1 is 1.33 bits per heavy atom. The third-order valence-corrected chi connectivity index (χ3v) is 4.69. The van der Waals surface area contributed by atoms with Crippen LogP contribution in [-0.4, -0.2) is 33.4 Å². The lowest BCUT2D eigenvalue weighted by molar-refractivity contribution is 0.0617. The average molecular weight is 338 g/mol. The van der Waals surface area contributed by atoms with Gasteiger partial charge in [-0.3, -0.25) is 4.72 Å². The highest BCUT2D eigenvalue weighted by Gasteiger charge is 2.07. The number of anilines is 1. The van der Waals surface area contributed by atoms with E-state index in [9.17, 15) is 8.42 Å². The first kappa shape index (κ1) is 15.4. The fourth-order valence-corrected chi connectivity index (χ4v) is 2.15. The molecule has 0 saturated heterocycles. The summed E-state index contributed by atoms with van der Waals surface area (Å²) in [4.78, 5) is 0. The van der Waals surface area contributed by atoms with E-state index in [1.165, 1.54) is 0 Å². The van der Waals surface area contributed by atoms with Crippen molar-refractivity contribution in [3.05, 3.63) is 29.8 Å². The second kappa shape index (κ2) is 7.73. The SMILES string of the molecule is COCCOCc1cccc(NS(=O)(=O)CBr)c1. The van der Waals surface area contributed by atoms with Gasteiger partial charge in [-0.05, 0) is 17.7 Å². The van der Waals surface area contributed by atoms with Crippen LogP contribution in [0.1, 0.15) is 5.56 Å². The molecule has 0 amide bonds. The number of alkyl halides is 1. The lowest BCUT2D eigenvalue weighted by Gasteiger charge is -2.08. The Kier molecular flexibility index (Phi) is 6.62. The highest BCUT2D eigenvalue weighted by atomic mass is 79.9. The Balaban J connectivity index is 2.57. The van der Waals surface area contributed by atoms with E-state index in [-0.39, 0.29) is 4.66 Å². The zero-order valence-corrected chi connectivity index (χ0v) is 12.5. The van der Waals surface area contributed by atoms with Gasteiger partial charge in [0.15, 0.2) is 0 Å². The van der Waals surface area contributed by atoms with Crippen LogP contribution in [0.5, 0.6) is 0 Å². The van der Waals surface area contributed by atoms with Crippen molar-refractivity contribution in [1.29, 1.82) is 0 Å². The molecule has 0 aliphatic heterocycles. The molecule has 0 atom stereocenters. The van der Waals surface area contributed by atoms with Gasteiger partial charge in [0.05, 0.1) is 19.8 Å². The first-order valence-electron chi connectivity index (χ1n) is 5.29. The normalized spacial score (nSPS) is 11.4. The molecule has 1 rings (SSSR count). The summed E-state index contributed by atoms with van der Waals surface area (Å²) in [5.41, 5.74) is 1.43. The van der Waals surface area contributed by atoms with Gasteiger partial charge in [0.1, 0.15) is 4.66 Å². The monoisotopic (exact) mass is 337 g/mol. The van der Waals surface area contributed by atoms with Crippen LogP contribution in [0.2, 0.25) is 0 Å². The van der Waals surface area contributed by atoms with E-state index in [2.05, 4.69) is 20.7 Å². The van der Waals surface area contributed by atoms with Crippen LogP contribution in [0.15, 0.2) is 24.3 Å². The van der Waals surface area contributed by atoms with Crippen LogP contribution >= 0.6 is 15.9 Å². The number of ether oxygens (including phenoxy) is 2.